The van der Waals surface area contributed by atoms with E-state index in [2.05, 4.69) is 42.0 Å². The molecule has 202 valence electrons. The minimum Gasteiger partial charge on any atom is -0.483 e. The van der Waals surface area contributed by atoms with Crippen molar-refractivity contribution < 1.29 is 14.3 Å². The van der Waals surface area contributed by atoms with Crippen molar-refractivity contribution in [1.82, 2.24) is 10.2 Å². The van der Waals surface area contributed by atoms with E-state index in [4.69, 9.17) is 27.9 Å². The second-order valence-corrected chi connectivity index (χ2v) is 12.3. The Morgan fingerprint density at radius 3 is 2.32 bits per heavy atom. The molecule has 37 heavy (non-hydrogen) atoms. The molecule has 5 nitrogen and oxygen atoms in total. The minimum absolute atomic E-state index is 0.0120. The van der Waals surface area contributed by atoms with Crippen LogP contribution in [0, 0.1) is 0 Å². The number of hydrogen-bond donors (Lipinski definition) is 1. The highest BCUT2D eigenvalue weighted by atomic mass is 79.9. The molecule has 0 saturated heterocycles. The maximum atomic E-state index is 13.6. The lowest BCUT2D eigenvalue weighted by Gasteiger charge is -2.33. The van der Waals surface area contributed by atoms with Gasteiger partial charge >= 0.3 is 0 Å². The molecule has 2 aromatic carbocycles. The molecule has 2 aromatic rings. The summed E-state index contributed by atoms with van der Waals surface area (Å²) in [5, 5.41) is 4.08. The number of amides is 2. The minimum atomic E-state index is -0.669. The quantitative estimate of drug-likeness (QED) is 0.316. The van der Waals surface area contributed by atoms with Crippen LogP contribution in [0.15, 0.2) is 40.9 Å². The molecule has 1 aliphatic carbocycles. The van der Waals surface area contributed by atoms with Crippen molar-refractivity contribution in [2.75, 3.05) is 6.61 Å². The topological polar surface area (TPSA) is 58.6 Å². The van der Waals surface area contributed by atoms with Crippen molar-refractivity contribution >= 4 is 50.9 Å². The number of carbonyl (C=O) groups excluding carboxylic acids is 2. The lowest BCUT2D eigenvalue weighted by Crippen LogP contribution is -2.52. The van der Waals surface area contributed by atoms with Crippen LogP contribution in [0.2, 0.25) is 10.0 Å². The monoisotopic (exact) mass is 610 g/mol. The Balaban J connectivity index is 1.82. The largest absolute Gasteiger partial charge is 0.483 e. The summed E-state index contributed by atoms with van der Waals surface area (Å²) in [5.41, 5.74) is 1.75. The summed E-state index contributed by atoms with van der Waals surface area (Å²) in [5.74, 6) is 0.104. The van der Waals surface area contributed by atoms with Gasteiger partial charge in [-0.1, -0.05) is 82.3 Å². The molecule has 0 spiro atoms. The third kappa shape index (κ3) is 8.11. The van der Waals surface area contributed by atoms with Crippen molar-refractivity contribution in [1.29, 1.82) is 0 Å². The number of halogens is 3. The highest BCUT2D eigenvalue weighted by molar-refractivity contribution is 9.10. The van der Waals surface area contributed by atoms with E-state index in [0.717, 1.165) is 35.7 Å². The number of benzene rings is 2. The number of carbonyl (C=O) groups is 2. The van der Waals surface area contributed by atoms with Crippen LogP contribution in [-0.2, 0) is 21.5 Å². The molecule has 0 bridgehead atoms. The van der Waals surface area contributed by atoms with Gasteiger partial charge in [0.2, 0.25) is 5.91 Å². The fourth-order valence-corrected chi connectivity index (χ4v) is 5.63. The van der Waals surface area contributed by atoms with E-state index in [-0.39, 0.29) is 36.4 Å². The zero-order valence-corrected chi connectivity index (χ0v) is 25.2. The summed E-state index contributed by atoms with van der Waals surface area (Å²) in [6.07, 6.45) is 5.80. The van der Waals surface area contributed by atoms with Gasteiger partial charge in [0, 0.05) is 28.2 Å². The molecule has 8 heteroatoms. The van der Waals surface area contributed by atoms with Crippen molar-refractivity contribution in [2.45, 2.75) is 90.3 Å². The molecule has 1 saturated carbocycles. The number of nitrogens with one attached hydrogen (secondary N) is 1. The van der Waals surface area contributed by atoms with Crippen molar-refractivity contribution in [3.8, 4) is 5.75 Å². The Morgan fingerprint density at radius 2 is 1.76 bits per heavy atom. The van der Waals surface area contributed by atoms with Crippen LogP contribution in [0.25, 0.3) is 0 Å². The third-order valence-corrected chi connectivity index (χ3v) is 8.20. The Labute approximate surface area is 239 Å². The van der Waals surface area contributed by atoms with Gasteiger partial charge in [-0.15, -0.1) is 0 Å². The van der Waals surface area contributed by atoms with Crippen LogP contribution in [0.3, 0.4) is 0 Å². The van der Waals surface area contributed by atoms with Crippen LogP contribution in [-0.4, -0.2) is 35.4 Å². The summed E-state index contributed by atoms with van der Waals surface area (Å²) in [6, 6.07) is 10.6. The van der Waals surface area contributed by atoms with Crippen LogP contribution < -0.4 is 10.1 Å². The zero-order valence-electron chi connectivity index (χ0n) is 22.1. The van der Waals surface area contributed by atoms with Crippen LogP contribution in [0.5, 0.6) is 5.75 Å². The van der Waals surface area contributed by atoms with Crippen molar-refractivity contribution in [2.24, 2.45) is 0 Å². The van der Waals surface area contributed by atoms with E-state index in [9.17, 15) is 9.59 Å². The molecule has 0 heterocycles. The first-order chi connectivity index (χ1) is 17.5. The Hall–Kier alpha value is -1.76. The SMILES string of the molecule is CC[C@@H](C(=O)NC1CCCCC1)N(Cc1c(Cl)cccc1Cl)C(=O)COc1ccc(C(C)(C)C)cc1Br. The molecular formula is C29H37BrCl2N2O3. The standard InChI is InChI=1S/C29H37BrCl2N2O3/c1-5-25(28(36)33-20-10-7-6-8-11-20)34(17-21-23(31)12-9-13-24(21)32)27(35)18-37-26-15-14-19(16-22(26)30)29(2,3)4/h9,12-16,20,25H,5-8,10-11,17-18H2,1-4H3,(H,33,36)/t25-/m0/s1. The summed E-state index contributed by atoms with van der Waals surface area (Å²) < 4.78 is 6.71. The fraction of sp³-hybridized carbons (Fsp3) is 0.517. The summed E-state index contributed by atoms with van der Waals surface area (Å²) in [7, 11) is 0. The normalized spacial score (nSPS) is 15.2. The van der Waals surface area contributed by atoms with Gasteiger partial charge in [0.05, 0.1) is 4.47 Å². The average Bonchev–Trinajstić information content (AvgIpc) is 2.84. The molecule has 0 aromatic heterocycles. The van der Waals surface area contributed by atoms with E-state index < -0.39 is 6.04 Å². The highest BCUT2D eigenvalue weighted by Gasteiger charge is 2.31. The number of ether oxygens (including phenoxy) is 1. The fourth-order valence-electron chi connectivity index (χ4n) is 4.62. The summed E-state index contributed by atoms with van der Waals surface area (Å²) in [6.45, 7) is 8.21. The van der Waals surface area contributed by atoms with Gasteiger partial charge < -0.3 is 15.0 Å². The van der Waals surface area contributed by atoms with Gasteiger partial charge in [0.1, 0.15) is 11.8 Å². The summed E-state index contributed by atoms with van der Waals surface area (Å²) in [4.78, 5) is 28.5. The second kappa shape index (κ2) is 13.3. The molecule has 2 amide bonds. The van der Waals surface area contributed by atoms with Crippen LogP contribution in [0.4, 0.5) is 0 Å². The molecule has 1 atom stereocenters. The predicted molar refractivity (Wildman–Crippen MR) is 154 cm³/mol. The molecule has 1 aliphatic rings. The maximum absolute atomic E-state index is 13.6. The van der Waals surface area contributed by atoms with Gasteiger partial charge in [-0.25, -0.2) is 0 Å². The average molecular weight is 612 g/mol. The van der Waals surface area contributed by atoms with Gasteiger partial charge in [0.25, 0.3) is 5.91 Å². The highest BCUT2D eigenvalue weighted by Crippen LogP contribution is 2.32. The molecular weight excluding hydrogens is 575 g/mol. The van der Waals surface area contributed by atoms with Crippen LogP contribution >= 0.6 is 39.1 Å². The molecule has 1 N–H and O–H groups in total. The van der Waals surface area contributed by atoms with Gasteiger partial charge in [-0.05, 0) is 70.4 Å². The summed E-state index contributed by atoms with van der Waals surface area (Å²) >= 11 is 16.5. The first kappa shape index (κ1) is 29.8. The predicted octanol–water partition coefficient (Wildman–Crippen LogP) is 7.69. The molecule has 0 unspecified atom stereocenters. The second-order valence-electron chi connectivity index (χ2n) is 10.7. The molecule has 3 rings (SSSR count). The first-order valence-corrected chi connectivity index (χ1v) is 14.5. The molecule has 0 radical (unpaired) electrons. The first-order valence-electron chi connectivity index (χ1n) is 13.0. The Morgan fingerprint density at radius 1 is 1.11 bits per heavy atom. The third-order valence-electron chi connectivity index (χ3n) is 6.88. The van der Waals surface area contributed by atoms with E-state index in [1.165, 1.54) is 6.42 Å². The Bertz CT molecular complexity index is 1080. The van der Waals surface area contributed by atoms with Gasteiger partial charge in [0.15, 0.2) is 6.61 Å². The molecule has 0 aliphatic heterocycles. The lowest BCUT2D eigenvalue weighted by atomic mass is 9.87. The van der Waals surface area contributed by atoms with E-state index in [0.29, 0.717) is 27.8 Å². The van der Waals surface area contributed by atoms with Gasteiger partial charge in [-0.2, -0.15) is 0 Å². The smallest absolute Gasteiger partial charge is 0.261 e. The maximum Gasteiger partial charge on any atom is 0.261 e. The Kier molecular flexibility index (Phi) is 10.7. The van der Waals surface area contributed by atoms with Crippen molar-refractivity contribution in [3.05, 3.63) is 62.0 Å². The zero-order chi connectivity index (χ0) is 27.2. The number of rotatable bonds is 9. The van der Waals surface area contributed by atoms with Crippen LogP contribution in [0.1, 0.15) is 77.3 Å². The lowest BCUT2D eigenvalue weighted by molar-refractivity contribution is -0.143. The number of nitrogens with zero attached hydrogens (tertiary/aromatic N) is 1. The van der Waals surface area contributed by atoms with E-state index in [1.807, 2.05) is 25.1 Å². The van der Waals surface area contributed by atoms with Crippen molar-refractivity contribution in [3.63, 3.8) is 0 Å². The number of hydrogen-bond acceptors (Lipinski definition) is 3. The van der Waals surface area contributed by atoms with E-state index >= 15 is 0 Å². The van der Waals surface area contributed by atoms with Gasteiger partial charge in [-0.3, -0.25) is 9.59 Å². The molecule has 1 fully saturated rings. The van der Waals surface area contributed by atoms with E-state index in [1.54, 1.807) is 23.1 Å².